The molecule has 0 amide bonds. The second kappa shape index (κ2) is 3.11. The molecule has 3 rings (SSSR count). The van der Waals surface area contributed by atoms with Gasteiger partial charge in [0.2, 0.25) is 0 Å². The van der Waals surface area contributed by atoms with Crippen molar-refractivity contribution in [3.05, 3.63) is 0 Å². The SMILES string of the molecule is C1C[C@@H]2CCC[N+]3=C2[C@@H](C1)CCC3. The zero-order valence-electron chi connectivity index (χ0n) is 8.47. The van der Waals surface area contributed by atoms with Crippen molar-refractivity contribution in [3.8, 4) is 0 Å². The Hall–Kier alpha value is -0.330. The minimum Gasteiger partial charge on any atom is -0.237 e. The Morgan fingerprint density at radius 3 is 1.92 bits per heavy atom. The molecule has 0 aromatic carbocycles. The maximum Gasteiger partial charge on any atom is 0.158 e. The Morgan fingerprint density at radius 2 is 1.31 bits per heavy atom. The summed E-state index contributed by atoms with van der Waals surface area (Å²) in [5.41, 5.74) is 1.89. The molecule has 13 heavy (non-hydrogen) atoms. The van der Waals surface area contributed by atoms with E-state index >= 15 is 0 Å². The van der Waals surface area contributed by atoms with E-state index in [1.165, 1.54) is 58.0 Å². The third kappa shape index (κ3) is 1.24. The van der Waals surface area contributed by atoms with Crippen molar-refractivity contribution >= 4 is 5.71 Å². The maximum absolute atomic E-state index is 2.74. The predicted molar refractivity (Wildman–Crippen MR) is 54.3 cm³/mol. The first-order valence-electron chi connectivity index (χ1n) is 6.07. The van der Waals surface area contributed by atoms with Crippen LogP contribution >= 0.6 is 0 Å². The van der Waals surface area contributed by atoms with Gasteiger partial charge in [0.1, 0.15) is 13.1 Å². The van der Waals surface area contributed by atoms with E-state index in [1.807, 2.05) is 5.71 Å². The molecule has 0 radical (unpaired) electrons. The summed E-state index contributed by atoms with van der Waals surface area (Å²) in [5.74, 6) is 2.01. The fourth-order valence-electron chi connectivity index (χ4n) is 3.77. The summed E-state index contributed by atoms with van der Waals surface area (Å²) in [6.45, 7) is 2.75. The van der Waals surface area contributed by atoms with Gasteiger partial charge in [-0.05, 0) is 25.7 Å². The van der Waals surface area contributed by atoms with Crippen LogP contribution in [0, 0.1) is 11.8 Å². The predicted octanol–water partition coefficient (Wildman–Crippen LogP) is 2.44. The van der Waals surface area contributed by atoms with E-state index < -0.39 is 0 Å². The smallest absolute Gasteiger partial charge is 0.158 e. The van der Waals surface area contributed by atoms with Crippen LogP contribution in [0.1, 0.15) is 44.9 Å². The summed E-state index contributed by atoms with van der Waals surface area (Å²) in [6.07, 6.45) is 10.4. The summed E-state index contributed by atoms with van der Waals surface area (Å²) in [7, 11) is 0. The average molecular weight is 178 g/mol. The molecule has 0 N–H and O–H groups in total. The van der Waals surface area contributed by atoms with Crippen molar-refractivity contribution in [3.63, 3.8) is 0 Å². The highest BCUT2D eigenvalue weighted by atomic mass is 15.0. The van der Waals surface area contributed by atoms with Crippen molar-refractivity contribution in [2.75, 3.05) is 13.1 Å². The van der Waals surface area contributed by atoms with E-state index in [1.54, 1.807) is 0 Å². The Kier molecular flexibility index (Phi) is 1.92. The van der Waals surface area contributed by atoms with Gasteiger partial charge in [0, 0.05) is 24.7 Å². The summed E-state index contributed by atoms with van der Waals surface area (Å²) in [5, 5.41) is 0. The number of hydrogen-bond donors (Lipinski definition) is 0. The second-order valence-corrected chi connectivity index (χ2v) is 5.02. The molecule has 0 aromatic heterocycles. The van der Waals surface area contributed by atoms with Crippen LogP contribution in [-0.4, -0.2) is 23.4 Å². The molecule has 1 fully saturated rings. The summed E-state index contributed by atoms with van der Waals surface area (Å²) in [6, 6.07) is 0. The van der Waals surface area contributed by atoms with Crippen LogP contribution in [0.5, 0.6) is 0 Å². The molecule has 2 atom stereocenters. The minimum absolute atomic E-state index is 1.01. The van der Waals surface area contributed by atoms with E-state index in [0.29, 0.717) is 0 Å². The fraction of sp³-hybridized carbons (Fsp3) is 0.917. The molecule has 1 nitrogen and oxygen atoms in total. The van der Waals surface area contributed by atoms with Gasteiger partial charge in [-0.1, -0.05) is 6.42 Å². The van der Waals surface area contributed by atoms with Crippen molar-refractivity contribution in [2.45, 2.75) is 44.9 Å². The Balaban J connectivity index is 1.98. The lowest BCUT2D eigenvalue weighted by Crippen LogP contribution is -2.44. The zero-order chi connectivity index (χ0) is 8.67. The fourth-order valence-corrected chi connectivity index (χ4v) is 3.77. The van der Waals surface area contributed by atoms with Crippen LogP contribution in [0.15, 0.2) is 0 Å². The second-order valence-electron chi connectivity index (χ2n) is 5.02. The molecule has 1 saturated carbocycles. The molecule has 3 aliphatic rings. The van der Waals surface area contributed by atoms with Gasteiger partial charge in [-0.2, -0.15) is 0 Å². The topological polar surface area (TPSA) is 3.01 Å². The maximum atomic E-state index is 2.74. The molecule has 0 saturated heterocycles. The molecule has 2 aliphatic heterocycles. The molecule has 2 heterocycles. The molecule has 72 valence electrons. The van der Waals surface area contributed by atoms with Gasteiger partial charge >= 0.3 is 0 Å². The van der Waals surface area contributed by atoms with Crippen LogP contribution < -0.4 is 0 Å². The summed E-state index contributed by atoms with van der Waals surface area (Å²) >= 11 is 0. The quantitative estimate of drug-likeness (QED) is 0.501. The van der Waals surface area contributed by atoms with E-state index in [-0.39, 0.29) is 0 Å². The molecule has 0 bridgehead atoms. The van der Waals surface area contributed by atoms with Gasteiger partial charge in [-0.15, -0.1) is 0 Å². The van der Waals surface area contributed by atoms with Gasteiger partial charge < -0.3 is 0 Å². The lowest BCUT2D eigenvalue weighted by Gasteiger charge is -2.35. The lowest BCUT2D eigenvalue weighted by molar-refractivity contribution is -0.543. The monoisotopic (exact) mass is 178 g/mol. The van der Waals surface area contributed by atoms with E-state index in [0.717, 1.165) is 11.8 Å². The molecular weight excluding hydrogens is 158 g/mol. The van der Waals surface area contributed by atoms with Gasteiger partial charge in [0.05, 0.1) is 0 Å². The van der Waals surface area contributed by atoms with Crippen molar-refractivity contribution in [1.29, 1.82) is 0 Å². The average Bonchev–Trinajstić information content (AvgIpc) is 2.19. The van der Waals surface area contributed by atoms with Crippen LogP contribution in [0.3, 0.4) is 0 Å². The van der Waals surface area contributed by atoms with Crippen LogP contribution in [-0.2, 0) is 0 Å². The van der Waals surface area contributed by atoms with Crippen LogP contribution in [0.2, 0.25) is 0 Å². The summed E-state index contributed by atoms with van der Waals surface area (Å²) < 4.78 is 2.74. The first kappa shape index (κ1) is 8.02. The van der Waals surface area contributed by atoms with E-state index in [2.05, 4.69) is 4.58 Å². The molecule has 1 aliphatic carbocycles. The normalized spacial score (nSPS) is 38.8. The molecule has 0 unspecified atom stereocenters. The Bertz CT molecular complexity index is 220. The van der Waals surface area contributed by atoms with Gasteiger partial charge in [-0.3, -0.25) is 0 Å². The van der Waals surface area contributed by atoms with Crippen molar-refractivity contribution in [1.82, 2.24) is 0 Å². The van der Waals surface area contributed by atoms with Gasteiger partial charge in [-0.25, -0.2) is 4.58 Å². The highest BCUT2D eigenvalue weighted by molar-refractivity contribution is 5.85. The molecular formula is C12H20N+. The van der Waals surface area contributed by atoms with Gasteiger partial charge in [0.25, 0.3) is 0 Å². The summed E-state index contributed by atoms with van der Waals surface area (Å²) in [4.78, 5) is 0. The van der Waals surface area contributed by atoms with E-state index in [9.17, 15) is 0 Å². The van der Waals surface area contributed by atoms with E-state index in [4.69, 9.17) is 0 Å². The Labute approximate surface area is 80.8 Å². The lowest BCUT2D eigenvalue weighted by atomic mass is 9.72. The van der Waals surface area contributed by atoms with Crippen molar-refractivity contribution < 1.29 is 4.58 Å². The molecule has 1 heteroatoms. The first-order valence-corrected chi connectivity index (χ1v) is 6.07. The number of hydrogen-bond acceptors (Lipinski definition) is 0. The first-order chi connectivity index (χ1) is 6.45. The van der Waals surface area contributed by atoms with Crippen LogP contribution in [0.25, 0.3) is 0 Å². The van der Waals surface area contributed by atoms with Gasteiger partial charge in [0.15, 0.2) is 5.71 Å². The highest BCUT2D eigenvalue weighted by Crippen LogP contribution is 2.36. The zero-order valence-corrected chi connectivity index (χ0v) is 8.47. The third-order valence-electron chi connectivity index (χ3n) is 4.27. The number of rotatable bonds is 0. The molecule has 0 spiro atoms. The Morgan fingerprint density at radius 1 is 0.769 bits per heavy atom. The highest BCUT2D eigenvalue weighted by Gasteiger charge is 2.40. The van der Waals surface area contributed by atoms with Crippen molar-refractivity contribution in [2.24, 2.45) is 11.8 Å². The molecule has 0 aromatic rings. The standard InChI is InChI=1S/C12H20N/c1-4-10-6-2-8-13-9-3-7-11(5-1)12(10)13/h10-11H,1-9H2/q+1/t10-,11+. The number of nitrogens with zero attached hydrogens (tertiary/aromatic N) is 1. The third-order valence-corrected chi connectivity index (χ3v) is 4.27. The van der Waals surface area contributed by atoms with Crippen LogP contribution in [0.4, 0.5) is 0 Å². The largest absolute Gasteiger partial charge is 0.237 e. The minimum atomic E-state index is 1.01.